The van der Waals surface area contributed by atoms with E-state index in [1.165, 1.54) is 13.2 Å². The number of allylic oxidation sites excluding steroid dienone is 2. The average molecular weight is 565 g/mol. The number of hydrogen-bond donors (Lipinski definition) is 0. The van der Waals surface area contributed by atoms with Crippen molar-refractivity contribution in [1.82, 2.24) is 0 Å². The Morgan fingerprint density at radius 2 is 1.34 bits per heavy atom. The molecule has 0 saturated heterocycles. The monoisotopic (exact) mass is 564 g/mol. The van der Waals surface area contributed by atoms with Gasteiger partial charge in [-0.25, -0.2) is 0 Å². The van der Waals surface area contributed by atoms with Gasteiger partial charge in [0.2, 0.25) is 5.75 Å². The molecule has 0 aliphatic carbocycles. The van der Waals surface area contributed by atoms with Crippen LogP contribution in [-0.4, -0.2) is 30.9 Å². The molecule has 2 rings (SSSR count). The van der Waals surface area contributed by atoms with E-state index in [2.05, 4.69) is 6.58 Å². The summed E-state index contributed by atoms with van der Waals surface area (Å²) in [4.78, 5) is 38.2. The van der Waals surface area contributed by atoms with Crippen LogP contribution in [0, 0.1) is 10.8 Å². The molecule has 222 valence electrons. The Morgan fingerprint density at radius 1 is 0.805 bits per heavy atom. The molecule has 0 aliphatic rings. The van der Waals surface area contributed by atoms with E-state index < -0.39 is 22.2 Å². The number of carbonyl (C=O) groups is 3. The van der Waals surface area contributed by atoms with Gasteiger partial charge >= 0.3 is 11.9 Å². The minimum atomic E-state index is -0.759. The zero-order chi connectivity index (χ0) is 31.3. The van der Waals surface area contributed by atoms with Crippen LogP contribution < -0.4 is 18.9 Å². The number of benzene rings is 2. The smallest absolute Gasteiger partial charge is 0.316 e. The van der Waals surface area contributed by atoms with Gasteiger partial charge in [-0.2, -0.15) is 0 Å². The summed E-state index contributed by atoms with van der Waals surface area (Å²) in [5, 5.41) is 0. The maximum atomic E-state index is 13.1. The van der Waals surface area contributed by atoms with Crippen LogP contribution in [0.3, 0.4) is 0 Å². The van der Waals surface area contributed by atoms with Crippen molar-refractivity contribution in [3.05, 3.63) is 65.8 Å². The van der Waals surface area contributed by atoms with E-state index >= 15 is 0 Å². The second-order valence-corrected chi connectivity index (χ2v) is 12.8. The summed E-state index contributed by atoms with van der Waals surface area (Å²) in [6, 6.07) is 8.21. The van der Waals surface area contributed by atoms with Gasteiger partial charge in [-0.1, -0.05) is 19.9 Å². The molecule has 0 fully saturated rings. The Morgan fingerprint density at radius 3 is 1.80 bits per heavy atom. The van der Waals surface area contributed by atoms with Crippen LogP contribution in [0.4, 0.5) is 0 Å². The van der Waals surface area contributed by atoms with Crippen LogP contribution in [0.15, 0.2) is 49.1 Å². The van der Waals surface area contributed by atoms with Crippen molar-refractivity contribution >= 4 is 23.8 Å². The van der Waals surface area contributed by atoms with Gasteiger partial charge in [0.05, 0.1) is 24.0 Å². The third-order valence-corrected chi connectivity index (χ3v) is 6.16. The molecule has 0 unspecified atom stereocenters. The van der Waals surface area contributed by atoms with Crippen LogP contribution >= 0.6 is 0 Å². The molecule has 0 saturated carbocycles. The zero-order valence-corrected chi connectivity index (χ0v) is 26.3. The number of methoxy groups -OCH3 is 1. The first-order valence-corrected chi connectivity index (χ1v) is 13.6. The molecule has 0 N–H and O–H groups in total. The summed E-state index contributed by atoms with van der Waals surface area (Å²) in [6.07, 6.45) is 4.60. The lowest BCUT2D eigenvalue weighted by Gasteiger charge is -2.29. The first-order valence-electron chi connectivity index (χ1n) is 13.6. The second kappa shape index (κ2) is 12.8. The predicted octanol–water partition coefficient (Wildman–Crippen LogP) is 7.75. The van der Waals surface area contributed by atoms with Crippen molar-refractivity contribution < 1.29 is 33.3 Å². The largest absolute Gasteiger partial charge is 0.490 e. The van der Waals surface area contributed by atoms with Crippen LogP contribution in [0.5, 0.6) is 23.0 Å². The van der Waals surface area contributed by atoms with Crippen molar-refractivity contribution in [3.63, 3.8) is 0 Å². The van der Waals surface area contributed by atoms with E-state index in [9.17, 15) is 14.4 Å². The van der Waals surface area contributed by atoms with Crippen LogP contribution in [-0.2, 0) is 15.0 Å². The number of hydrogen-bond acceptors (Lipinski definition) is 7. The van der Waals surface area contributed by atoms with E-state index in [0.29, 0.717) is 28.2 Å². The van der Waals surface area contributed by atoms with Gasteiger partial charge in [0.25, 0.3) is 0 Å². The number of esters is 2. The van der Waals surface area contributed by atoms with Gasteiger partial charge in [0.1, 0.15) is 5.75 Å². The average Bonchev–Trinajstić information content (AvgIpc) is 2.86. The number of ketones is 1. The molecule has 2 aromatic rings. The van der Waals surface area contributed by atoms with Crippen molar-refractivity contribution in [3.8, 4) is 23.0 Å². The summed E-state index contributed by atoms with van der Waals surface area (Å²) in [5.74, 6) is 0.148. The van der Waals surface area contributed by atoms with E-state index in [1.807, 2.05) is 33.8 Å². The quantitative estimate of drug-likeness (QED) is 0.0958. The fourth-order valence-electron chi connectivity index (χ4n) is 3.45. The summed E-state index contributed by atoms with van der Waals surface area (Å²) in [7, 11) is 1.48. The van der Waals surface area contributed by atoms with E-state index in [-0.39, 0.29) is 29.4 Å². The van der Waals surface area contributed by atoms with Gasteiger partial charge in [0.15, 0.2) is 17.3 Å². The Bertz CT molecular complexity index is 1310. The molecule has 0 heterocycles. The molecule has 41 heavy (non-hydrogen) atoms. The maximum absolute atomic E-state index is 13.1. The first-order chi connectivity index (χ1) is 18.8. The molecule has 2 aromatic carbocycles. The molecular formula is C34H44O7. The molecular weight excluding hydrogens is 520 g/mol. The Balaban J connectivity index is 2.60. The van der Waals surface area contributed by atoms with Crippen molar-refractivity contribution in [1.29, 1.82) is 0 Å². The third-order valence-electron chi connectivity index (χ3n) is 6.16. The summed E-state index contributed by atoms with van der Waals surface area (Å²) in [5.41, 5.74) is -0.393. The van der Waals surface area contributed by atoms with Gasteiger partial charge in [-0.05, 0) is 97.9 Å². The SMILES string of the molecule is C=CC(C)(C)c1cc(C=CC(=O)c2ccc(OC(=O)C(C)(C)C)cc2)c(OC(C)C)c(OC)c1OC(=O)C(C)(C)C. The normalized spacial score (nSPS) is 12.3. The minimum Gasteiger partial charge on any atom is -0.490 e. The Labute approximate surface area is 244 Å². The lowest BCUT2D eigenvalue weighted by Crippen LogP contribution is -2.27. The highest BCUT2D eigenvalue weighted by molar-refractivity contribution is 6.07. The lowest BCUT2D eigenvalue weighted by molar-refractivity contribution is -0.143. The molecule has 0 spiro atoms. The molecule has 7 nitrogen and oxygen atoms in total. The molecule has 0 atom stereocenters. The number of ether oxygens (including phenoxy) is 4. The lowest BCUT2D eigenvalue weighted by atomic mass is 9.82. The molecule has 7 heteroatoms. The molecule has 0 aromatic heterocycles. The standard InChI is InChI=1S/C34H44O7/c1-13-34(10,11)25-20-23(27(39-21(2)3)29(38-12)28(25)41-31(37)33(7,8)9)16-19-26(35)22-14-17-24(18-15-22)40-30(36)32(4,5)6/h13-21H,1H2,2-12H3. The van der Waals surface area contributed by atoms with Gasteiger partial charge in [-0.3, -0.25) is 14.4 Å². The van der Waals surface area contributed by atoms with Crippen molar-refractivity contribution in [2.24, 2.45) is 10.8 Å². The predicted molar refractivity (Wildman–Crippen MR) is 162 cm³/mol. The minimum absolute atomic E-state index is 0.237. The van der Waals surface area contributed by atoms with E-state index in [4.69, 9.17) is 18.9 Å². The molecule has 0 radical (unpaired) electrons. The number of rotatable bonds is 10. The zero-order valence-electron chi connectivity index (χ0n) is 26.3. The number of carbonyl (C=O) groups excluding carboxylic acids is 3. The van der Waals surface area contributed by atoms with Crippen LogP contribution in [0.2, 0.25) is 0 Å². The molecule has 0 aliphatic heterocycles. The van der Waals surface area contributed by atoms with Gasteiger partial charge < -0.3 is 18.9 Å². The van der Waals surface area contributed by atoms with E-state index in [1.54, 1.807) is 78.0 Å². The molecule has 0 amide bonds. The van der Waals surface area contributed by atoms with E-state index in [0.717, 1.165) is 0 Å². The fourth-order valence-corrected chi connectivity index (χ4v) is 3.45. The maximum Gasteiger partial charge on any atom is 0.316 e. The first kappa shape index (κ1) is 33.3. The topological polar surface area (TPSA) is 88.1 Å². The van der Waals surface area contributed by atoms with Crippen LogP contribution in [0.1, 0.15) is 90.7 Å². The summed E-state index contributed by atoms with van der Waals surface area (Å²) < 4.78 is 23.2. The van der Waals surface area contributed by atoms with Crippen molar-refractivity contribution in [2.45, 2.75) is 80.8 Å². The highest BCUT2D eigenvalue weighted by atomic mass is 16.6. The van der Waals surface area contributed by atoms with Crippen LogP contribution in [0.25, 0.3) is 6.08 Å². The second-order valence-electron chi connectivity index (χ2n) is 12.8. The molecule has 0 bridgehead atoms. The Hall–Kier alpha value is -3.87. The third kappa shape index (κ3) is 8.56. The summed E-state index contributed by atoms with van der Waals surface area (Å²) in [6.45, 7) is 22.2. The van der Waals surface area contributed by atoms with Crippen molar-refractivity contribution in [2.75, 3.05) is 7.11 Å². The highest BCUT2D eigenvalue weighted by Crippen LogP contribution is 2.48. The van der Waals surface area contributed by atoms with Gasteiger partial charge in [0, 0.05) is 22.1 Å². The Kier molecular flexibility index (Phi) is 10.4. The summed E-state index contributed by atoms with van der Waals surface area (Å²) >= 11 is 0. The fraction of sp³-hybridized carbons (Fsp3) is 0.441. The van der Waals surface area contributed by atoms with Gasteiger partial charge in [-0.15, -0.1) is 6.58 Å². The highest BCUT2D eigenvalue weighted by Gasteiger charge is 2.33.